The molecule has 0 radical (unpaired) electrons. The average Bonchev–Trinajstić information content (AvgIpc) is 2.43. The van der Waals surface area contributed by atoms with Gasteiger partial charge in [0.25, 0.3) is 0 Å². The molecule has 0 saturated carbocycles. The molecule has 1 unspecified atom stereocenters. The SMILES string of the molecule is CCC(Cc1ccc(C)cc1)Nc1ncc(C)cn1. The van der Waals surface area contributed by atoms with Crippen LogP contribution in [0, 0.1) is 13.8 Å². The molecule has 0 bridgehead atoms. The predicted octanol–water partition coefficient (Wildman–Crippen LogP) is 3.53. The number of nitrogens with zero attached hydrogens (tertiary/aromatic N) is 2. The van der Waals surface area contributed by atoms with E-state index in [0.29, 0.717) is 12.0 Å². The Bertz CT molecular complexity index is 455. The van der Waals surface area contributed by atoms with Crippen molar-refractivity contribution in [3.05, 3.63) is 53.3 Å². The van der Waals surface area contributed by atoms with Crippen molar-refractivity contribution < 1.29 is 0 Å². The van der Waals surface area contributed by atoms with Gasteiger partial charge >= 0.3 is 0 Å². The van der Waals surface area contributed by atoms with E-state index < -0.39 is 0 Å². The van der Waals surface area contributed by atoms with E-state index in [1.165, 1.54) is 11.1 Å². The van der Waals surface area contributed by atoms with Crippen molar-refractivity contribution in [2.45, 2.75) is 39.7 Å². The van der Waals surface area contributed by atoms with Crippen LogP contribution in [0.15, 0.2) is 36.7 Å². The van der Waals surface area contributed by atoms with E-state index in [4.69, 9.17) is 0 Å². The third kappa shape index (κ3) is 4.05. The van der Waals surface area contributed by atoms with Crippen molar-refractivity contribution in [1.82, 2.24) is 9.97 Å². The van der Waals surface area contributed by atoms with Crippen molar-refractivity contribution in [1.29, 1.82) is 0 Å². The second kappa shape index (κ2) is 6.32. The molecule has 3 heteroatoms. The summed E-state index contributed by atoms with van der Waals surface area (Å²) in [5.41, 5.74) is 3.72. The first-order valence-corrected chi connectivity index (χ1v) is 6.78. The molecular weight excluding hydrogens is 234 g/mol. The molecule has 1 aromatic heterocycles. The minimum atomic E-state index is 0.366. The maximum Gasteiger partial charge on any atom is 0.222 e. The number of aryl methyl sites for hydroxylation is 2. The summed E-state index contributed by atoms with van der Waals surface area (Å²) < 4.78 is 0. The smallest absolute Gasteiger partial charge is 0.222 e. The Hall–Kier alpha value is -1.90. The molecule has 2 rings (SSSR count). The van der Waals surface area contributed by atoms with Crippen molar-refractivity contribution in [3.63, 3.8) is 0 Å². The number of aromatic nitrogens is 2. The zero-order valence-corrected chi connectivity index (χ0v) is 11.9. The third-order valence-electron chi connectivity index (χ3n) is 3.21. The fourth-order valence-electron chi connectivity index (χ4n) is 1.96. The van der Waals surface area contributed by atoms with Gasteiger partial charge in [-0.25, -0.2) is 9.97 Å². The van der Waals surface area contributed by atoms with Crippen LogP contribution in [-0.4, -0.2) is 16.0 Å². The molecule has 0 aliphatic carbocycles. The standard InChI is InChI=1S/C16H21N3/c1-4-15(9-14-7-5-12(2)6-8-14)19-16-17-10-13(3)11-18-16/h5-8,10-11,15H,4,9H2,1-3H3,(H,17,18,19). The molecule has 19 heavy (non-hydrogen) atoms. The fourth-order valence-corrected chi connectivity index (χ4v) is 1.96. The third-order valence-corrected chi connectivity index (χ3v) is 3.21. The lowest BCUT2D eigenvalue weighted by atomic mass is 10.0. The maximum absolute atomic E-state index is 4.30. The molecule has 2 aromatic rings. The molecule has 1 atom stereocenters. The van der Waals surface area contributed by atoms with E-state index in [2.05, 4.69) is 53.4 Å². The van der Waals surface area contributed by atoms with Crippen LogP contribution in [-0.2, 0) is 6.42 Å². The molecule has 3 nitrogen and oxygen atoms in total. The molecular formula is C16H21N3. The fraction of sp³-hybridized carbons (Fsp3) is 0.375. The Balaban J connectivity index is 2.00. The number of hydrogen-bond acceptors (Lipinski definition) is 3. The molecule has 1 aromatic carbocycles. The van der Waals surface area contributed by atoms with Crippen molar-refractivity contribution in [2.75, 3.05) is 5.32 Å². The summed E-state index contributed by atoms with van der Waals surface area (Å²) in [4.78, 5) is 8.60. The molecule has 0 amide bonds. The minimum absolute atomic E-state index is 0.366. The largest absolute Gasteiger partial charge is 0.351 e. The van der Waals surface area contributed by atoms with Crippen LogP contribution in [0.1, 0.15) is 30.0 Å². The van der Waals surface area contributed by atoms with Gasteiger partial charge in [-0.2, -0.15) is 0 Å². The first-order chi connectivity index (χ1) is 9.17. The first-order valence-electron chi connectivity index (χ1n) is 6.78. The number of nitrogens with one attached hydrogen (secondary N) is 1. The highest BCUT2D eigenvalue weighted by Gasteiger charge is 2.08. The van der Waals surface area contributed by atoms with Gasteiger partial charge < -0.3 is 5.32 Å². The van der Waals surface area contributed by atoms with Crippen molar-refractivity contribution >= 4 is 5.95 Å². The molecule has 0 aliphatic rings. The van der Waals surface area contributed by atoms with Gasteiger partial charge in [-0.1, -0.05) is 36.8 Å². The molecule has 0 spiro atoms. The zero-order chi connectivity index (χ0) is 13.7. The minimum Gasteiger partial charge on any atom is -0.351 e. The number of benzene rings is 1. The van der Waals surface area contributed by atoms with E-state index >= 15 is 0 Å². The molecule has 0 fully saturated rings. The molecule has 1 heterocycles. The van der Waals surface area contributed by atoms with Crippen LogP contribution >= 0.6 is 0 Å². The van der Waals surface area contributed by atoms with Crippen molar-refractivity contribution in [3.8, 4) is 0 Å². The average molecular weight is 255 g/mol. The Labute approximate surface area is 115 Å². The van der Waals surface area contributed by atoms with Gasteiger partial charge in [0.15, 0.2) is 0 Å². The van der Waals surface area contributed by atoms with Crippen LogP contribution < -0.4 is 5.32 Å². The summed E-state index contributed by atoms with van der Waals surface area (Å²) in [5, 5.41) is 3.40. The highest BCUT2D eigenvalue weighted by atomic mass is 15.1. The normalized spacial score (nSPS) is 12.2. The van der Waals surface area contributed by atoms with Crippen LogP contribution in [0.3, 0.4) is 0 Å². The lowest BCUT2D eigenvalue weighted by Gasteiger charge is -2.17. The second-order valence-electron chi connectivity index (χ2n) is 5.02. The summed E-state index contributed by atoms with van der Waals surface area (Å²) in [6.07, 6.45) is 5.72. The number of rotatable bonds is 5. The maximum atomic E-state index is 4.30. The van der Waals surface area contributed by atoms with Gasteiger partial charge in [-0.3, -0.25) is 0 Å². The highest BCUT2D eigenvalue weighted by Crippen LogP contribution is 2.11. The van der Waals surface area contributed by atoms with Crippen LogP contribution in [0.25, 0.3) is 0 Å². The van der Waals surface area contributed by atoms with E-state index in [9.17, 15) is 0 Å². The second-order valence-corrected chi connectivity index (χ2v) is 5.02. The quantitative estimate of drug-likeness (QED) is 0.888. The van der Waals surface area contributed by atoms with E-state index in [0.717, 1.165) is 18.4 Å². The molecule has 0 saturated heterocycles. The highest BCUT2D eigenvalue weighted by molar-refractivity contribution is 5.28. The van der Waals surface area contributed by atoms with Crippen LogP contribution in [0.2, 0.25) is 0 Å². The van der Waals surface area contributed by atoms with Crippen molar-refractivity contribution in [2.24, 2.45) is 0 Å². The molecule has 1 N–H and O–H groups in total. The topological polar surface area (TPSA) is 37.8 Å². The molecule has 100 valence electrons. The Kier molecular flexibility index (Phi) is 4.50. The van der Waals surface area contributed by atoms with E-state index in [1.54, 1.807) is 0 Å². The van der Waals surface area contributed by atoms with E-state index in [1.807, 2.05) is 19.3 Å². The lowest BCUT2D eigenvalue weighted by Crippen LogP contribution is -2.22. The Morgan fingerprint density at radius 2 is 1.63 bits per heavy atom. The number of hydrogen-bond donors (Lipinski definition) is 1. The summed E-state index contributed by atoms with van der Waals surface area (Å²) in [7, 11) is 0. The summed E-state index contributed by atoms with van der Waals surface area (Å²) in [6.45, 7) is 6.28. The first kappa shape index (κ1) is 13.5. The van der Waals surface area contributed by atoms with Gasteiger partial charge in [0.05, 0.1) is 0 Å². The van der Waals surface area contributed by atoms with Gasteiger partial charge in [-0.05, 0) is 37.8 Å². The monoisotopic (exact) mass is 255 g/mol. The summed E-state index contributed by atoms with van der Waals surface area (Å²) >= 11 is 0. The zero-order valence-electron chi connectivity index (χ0n) is 11.9. The molecule has 0 aliphatic heterocycles. The van der Waals surface area contributed by atoms with Gasteiger partial charge in [0, 0.05) is 18.4 Å². The van der Waals surface area contributed by atoms with Gasteiger partial charge in [-0.15, -0.1) is 0 Å². The van der Waals surface area contributed by atoms with Gasteiger partial charge in [0.1, 0.15) is 0 Å². The Morgan fingerprint density at radius 1 is 1.00 bits per heavy atom. The van der Waals surface area contributed by atoms with E-state index in [-0.39, 0.29) is 0 Å². The summed E-state index contributed by atoms with van der Waals surface area (Å²) in [6, 6.07) is 9.06. The predicted molar refractivity (Wildman–Crippen MR) is 79.4 cm³/mol. The Morgan fingerprint density at radius 3 is 2.21 bits per heavy atom. The van der Waals surface area contributed by atoms with Crippen LogP contribution in [0.5, 0.6) is 0 Å². The lowest BCUT2D eigenvalue weighted by molar-refractivity contribution is 0.682. The summed E-state index contributed by atoms with van der Waals surface area (Å²) in [5.74, 6) is 0.713. The van der Waals surface area contributed by atoms with Gasteiger partial charge in [0.2, 0.25) is 5.95 Å². The number of anilines is 1. The van der Waals surface area contributed by atoms with Crippen LogP contribution in [0.4, 0.5) is 5.95 Å².